The number of ether oxygens (including phenoxy) is 1. The summed E-state index contributed by atoms with van der Waals surface area (Å²) < 4.78 is 6.37. The lowest BCUT2D eigenvalue weighted by Crippen LogP contribution is -2.33. The molecule has 0 aromatic carbocycles. The Hall–Kier alpha value is -3.04. The fourth-order valence-corrected chi connectivity index (χ4v) is 1.67. The van der Waals surface area contributed by atoms with Crippen LogP contribution in [0.5, 0.6) is 0 Å². The summed E-state index contributed by atoms with van der Waals surface area (Å²) in [7, 11) is 1.60. The summed E-state index contributed by atoms with van der Waals surface area (Å²) in [5.74, 6) is -1.88. The highest BCUT2D eigenvalue weighted by molar-refractivity contribution is 5.88. The molecule has 0 fully saturated rings. The van der Waals surface area contributed by atoms with Crippen LogP contribution in [-0.4, -0.2) is 51.4 Å². The van der Waals surface area contributed by atoms with Crippen LogP contribution < -0.4 is 10.6 Å². The Morgan fingerprint density at radius 3 is 2.31 bits per heavy atom. The van der Waals surface area contributed by atoms with Crippen molar-refractivity contribution in [2.75, 3.05) is 11.9 Å². The molecule has 2 amide bonds. The van der Waals surface area contributed by atoms with E-state index in [1.807, 2.05) is 0 Å². The van der Waals surface area contributed by atoms with Gasteiger partial charge in [-0.15, -0.1) is 0 Å². The maximum atomic E-state index is 11.0. The molecule has 146 valence electrons. The Morgan fingerprint density at radius 2 is 1.88 bits per heavy atom. The van der Waals surface area contributed by atoms with E-state index in [9.17, 15) is 19.2 Å². The first-order valence-corrected chi connectivity index (χ1v) is 7.74. The monoisotopic (exact) mass is 371 g/mol. The normalized spacial score (nSPS) is 10.2. The number of aryl methyl sites for hydroxylation is 1. The fourth-order valence-electron chi connectivity index (χ4n) is 1.67. The lowest BCUT2D eigenvalue weighted by atomic mass is 10.2. The molecule has 0 radical (unpaired) electrons. The summed E-state index contributed by atoms with van der Waals surface area (Å²) in [5, 5.41) is 21.8. The van der Waals surface area contributed by atoms with Gasteiger partial charge in [-0.25, -0.2) is 9.59 Å². The van der Waals surface area contributed by atoms with Crippen LogP contribution in [0.1, 0.15) is 44.1 Å². The molecule has 0 aliphatic heterocycles. The van der Waals surface area contributed by atoms with Gasteiger partial charge in [-0.2, -0.15) is 0 Å². The topological polar surface area (TPSA) is 147 Å². The van der Waals surface area contributed by atoms with Crippen molar-refractivity contribution in [3.05, 3.63) is 18.0 Å². The van der Waals surface area contributed by atoms with E-state index in [1.165, 1.54) is 16.8 Å². The van der Waals surface area contributed by atoms with Crippen molar-refractivity contribution in [1.82, 2.24) is 9.88 Å². The number of hydrogen-bond donors (Lipinski definition) is 4. The number of carboxylic acid groups (broad SMARTS) is 2. The molecule has 0 aliphatic rings. The van der Waals surface area contributed by atoms with Crippen molar-refractivity contribution in [3.63, 3.8) is 0 Å². The number of rotatable bonds is 7. The van der Waals surface area contributed by atoms with Crippen molar-refractivity contribution in [1.29, 1.82) is 0 Å². The first kappa shape index (κ1) is 23.0. The van der Waals surface area contributed by atoms with Crippen LogP contribution >= 0.6 is 0 Å². The van der Waals surface area contributed by atoms with Gasteiger partial charge < -0.3 is 30.2 Å². The van der Waals surface area contributed by atoms with Gasteiger partial charge in [-0.3, -0.25) is 9.59 Å². The van der Waals surface area contributed by atoms with E-state index in [0.29, 0.717) is 25.1 Å². The zero-order valence-corrected chi connectivity index (χ0v) is 15.2. The van der Waals surface area contributed by atoms with Gasteiger partial charge in [-0.1, -0.05) is 0 Å². The Morgan fingerprint density at radius 1 is 1.27 bits per heavy atom. The van der Waals surface area contributed by atoms with Gasteiger partial charge in [0.1, 0.15) is 11.3 Å². The predicted octanol–water partition coefficient (Wildman–Crippen LogP) is 1.67. The van der Waals surface area contributed by atoms with Gasteiger partial charge in [0, 0.05) is 26.2 Å². The molecule has 0 atom stereocenters. The number of hydrogen-bond acceptors (Lipinski definition) is 5. The van der Waals surface area contributed by atoms with E-state index in [0.717, 1.165) is 0 Å². The molecule has 0 bridgehead atoms. The highest BCUT2D eigenvalue weighted by Gasteiger charge is 2.15. The van der Waals surface area contributed by atoms with Gasteiger partial charge in [0.25, 0.3) is 0 Å². The number of aromatic nitrogens is 1. The van der Waals surface area contributed by atoms with Gasteiger partial charge in [0.15, 0.2) is 0 Å². The van der Waals surface area contributed by atoms with Crippen LogP contribution in [0, 0.1) is 0 Å². The van der Waals surface area contributed by atoms with E-state index in [1.54, 1.807) is 27.8 Å². The highest BCUT2D eigenvalue weighted by atomic mass is 16.6. The zero-order valence-electron chi connectivity index (χ0n) is 15.2. The molecule has 1 aromatic heterocycles. The Bertz CT molecular complexity index is 632. The van der Waals surface area contributed by atoms with Crippen LogP contribution in [0.4, 0.5) is 10.5 Å². The molecule has 4 N–H and O–H groups in total. The van der Waals surface area contributed by atoms with E-state index in [2.05, 4.69) is 10.6 Å². The van der Waals surface area contributed by atoms with Gasteiger partial charge in [-0.05, 0) is 33.3 Å². The lowest BCUT2D eigenvalue weighted by Gasteiger charge is -2.19. The fraction of sp³-hybridized carbons (Fsp3) is 0.500. The standard InChI is InChI=1S/C9H17NO4.C7H8N2O3/c1-9(2,3)14-8(13)10-6-4-5-7(11)12;1-9-3-5(8-4-10)2-6(9)7(11)12/h4-6H2,1-3H3,(H,10,13)(H,11,12);2-4H,1H3,(H,8,10)(H,11,12). The molecule has 0 saturated heterocycles. The van der Waals surface area contributed by atoms with Gasteiger partial charge >= 0.3 is 18.0 Å². The zero-order chi connectivity index (χ0) is 20.3. The molecule has 1 heterocycles. The number of nitrogens with zero attached hydrogens (tertiary/aromatic N) is 1. The molecular weight excluding hydrogens is 346 g/mol. The molecule has 0 spiro atoms. The smallest absolute Gasteiger partial charge is 0.407 e. The molecule has 10 nitrogen and oxygen atoms in total. The molecular formula is C16H25N3O7. The van der Waals surface area contributed by atoms with Gasteiger partial charge in [0.05, 0.1) is 5.69 Å². The number of amides is 2. The number of aromatic carboxylic acids is 1. The number of aliphatic carboxylic acids is 1. The van der Waals surface area contributed by atoms with Crippen LogP contribution in [0.15, 0.2) is 12.3 Å². The van der Waals surface area contributed by atoms with Crippen molar-refractivity contribution in [3.8, 4) is 0 Å². The molecule has 1 aromatic rings. The third kappa shape index (κ3) is 10.7. The van der Waals surface area contributed by atoms with E-state index < -0.39 is 23.6 Å². The summed E-state index contributed by atoms with van der Waals surface area (Å²) in [4.78, 5) is 41.7. The number of alkyl carbamates (subject to hydrolysis) is 1. The van der Waals surface area contributed by atoms with E-state index in [-0.39, 0.29) is 12.1 Å². The third-order valence-corrected chi connectivity index (χ3v) is 2.69. The Labute approximate surface area is 151 Å². The molecule has 0 aliphatic carbocycles. The van der Waals surface area contributed by atoms with E-state index in [4.69, 9.17) is 14.9 Å². The van der Waals surface area contributed by atoms with Crippen molar-refractivity contribution in [2.24, 2.45) is 7.05 Å². The number of carbonyl (C=O) groups is 4. The highest BCUT2D eigenvalue weighted by Crippen LogP contribution is 2.11. The lowest BCUT2D eigenvalue weighted by molar-refractivity contribution is -0.137. The number of nitrogens with one attached hydrogen (secondary N) is 2. The summed E-state index contributed by atoms with van der Waals surface area (Å²) in [6, 6.07) is 1.39. The Kier molecular flexibility index (Phi) is 9.49. The van der Waals surface area contributed by atoms with Crippen molar-refractivity contribution >= 4 is 30.1 Å². The summed E-state index contributed by atoms with van der Waals surface area (Å²) in [6.45, 7) is 5.62. The predicted molar refractivity (Wildman–Crippen MR) is 93.2 cm³/mol. The first-order valence-electron chi connectivity index (χ1n) is 7.74. The van der Waals surface area contributed by atoms with Crippen molar-refractivity contribution < 1.29 is 34.1 Å². The second kappa shape index (κ2) is 10.7. The number of anilines is 1. The average Bonchev–Trinajstić information content (AvgIpc) is 2.84. The number of carbonyl (C=O) groups excluding carboxylic acids is 2. The number of carboxylic acids is 2. The molecule has 26 heavy (non-hydrogen) atoms. The minimum absolute atomic E-state index is 0.0514. The minimum atomic E-state index is -1.02. The SMILES string of the molecule is CC(C)(C)OC(=O)NCCCC(=O)O.Cn1cc(NC=O)cc1C(=O)O. The van der Waals surface area contributed by atoms with Crippen LogP contribution in [0.2, 0.25) is 0 Å². The third-order valence-electron chi connectivity index (χ3n) is 2.69. The second-order valence-electron chi connectivity index (χ2n) is 6.22. The van der Waals surface area contributed by atoms with Gasteiger partial charge in [0.2, 0.25) is 6.41 Å². The summed E-state index contributed by atoms with van der Waals surface area (Å²) in [6.07, 6.45) is 1.98. The van der Waals surface area contributed by atoms with Crippen LogP contribution in [0.3, 0.4) is 0 Å². The molecule has 10 heteroatoms. The molecule has 0 saturated carbocycles. The molecule has 0 unspecified atom stereocenters. The summed E-state index contributed by atoms with van der Waals surface area (Å²) in [5.41, 5.74) is 0.0981. The van der Waals surface area contributed by atoms with Crippen LogP contribution in [-0.2, 0) is 21.4 Å². The van der Waals surface area contributed by atoms with E-state index >= 15 is 0 Å². The largest absolute Gasteiger partial charge is 0.481 e. The van der Waals surface area contributed by atoms with Crippen molar-refractivity contribution in [2.45, 2.75) is 39.2 Å². The quantitative estimate of drug-likeness (QED) is 0.421. The summed E-state index contributed by atoms with van der Waals surface area (Å²) >= 11 is 0. The Balaban J connectivity index is 0.000000485. The second-order valence-corrected chi connectivity index (χ2v) is 6.22. The first-order chi connectivity index (χ1) is 12.0. The van der Waals surface area contributed by atoms with Crippen LogP contribution in [0.25, 0.3) is 0 Å². The maximum Gasteiger partial charge on any atom is 0.407 e. The molecule has 1 rings (SSSR count). The average molecular weight is 371 g/mol. The maximum absolute atomic E-state index is 11.0. The minimum Gasteiger partial charge on any atom is -0.481 e.